The number of aromatic nitrogens is 3. The van der Waals surface area contributed by atoms with E-state index in [0.29, 0.717) is 5.78 Å². The van der Waals surface area contributed by atoms with E-state index in [4.69, 9.17) is 4.74 Å². The Hall–Kier alpha value is -2.11. The third-order valence-electron chi connectivity index (χ3n) is 1.92. The van der Waals surface area contributed by atoms with Crippen LogP contribution in [-0.4, -0.2) is 26.9 Å². The molecule has 0 fully saturated rings. The second kappa shape index (κ2) is 3.56. The number of hydrogen-bond donors (Lipinski definition) is 1. The minimum Gasteiger partial charge on any atom is -0.462 e. The molecule has 2 aromatic rings. The number of H-pyrrole nitrogens is 1. The summed E-state index contributed by atoms with van der Waals surface area (Å²) >= 11 is 0. The van der Waals surface area contributed by atoms with Crippen LogP contribution in [0.25, 0.3) is 5.78 Å². The predicted octanol–water partition coefficient (Wildman–Crippen LogP) is 0.199. The lowest BCUT2D eigenvalue weighted by Crippen LogP contribution is -2.23. The third kappa shape index (κ3) is 1.50. The van der Waals surface area contributed by atoms with E-state index in [1.807, 2.05) is 0 Å². The van der Waals surface area contributed by atoms with Gasteiger partial charge in [-0.3, -0.25) is 9.20 Å². The van der Waals surface area contributed by atoms with E-state index in [-0.39, 0.29) is 12.2 Å². The van der Waals surface area contributed by atoms with Crippen molar-refractivity contribution >= 4 is 11.7 Å². The van der Waals surface area contributed by atoms with Crippen molar-refractivity contribution < 1.29 is 9.53 Å². The Bertz CT molecular complexity index is 555. The molecule has 6 heteroatoms. The highest BCUT2D eigenvalue weighted by Gasteiger charge is 2.13. The van der Waals surface area contributed by atoms with Crippen molar-refractivity contribution in [3.05, 3.63) is 34.5 Å². The largest absolute Gasteiger partial charge is 0.462 e. The number of carbonyl (C=O) groups is 1. The SMILES string of the molecule is CCOC(=O)c1cnc2[nH]ccn2c1=O. The normalized spacial score (nSPS) is 10.5. The number of hydrogen-bond acceptors (Lipinski definition) is 4. The average Bonchev–Trinajstić information content (AvgIpc) is 2.67. The first-order chi connectivity index (χ1) is 7.24. The van der Waals surface area contributed by atoms with Crippen LogP contribution in [0.1, 0.15) is 17.3 Å². The topological polar surface area (TPSA) is 76.5 Å². The van der Waals surface area contributed by atoms with E-state index < -0.39 is 11.5 Å². The van der Waals surface area contributed by atoms with Crippen molar-refractivity contribution in [2.75, 3.05) is 6.61 Å². The standard InChI is InChI=1S/C9H9N3O3/c1-2-15-8(14)6-5-11-9-10-3-4-12(9)7(6)13/h3-5H,2H2,1H3,(H,10,11). The Kier molecular flexibility index (Phi) is 2.24. The van der Waals surface area contributed by atoms with E-state index in [9.17, 15) is 9.59 Å². The summed E-state index contributed by atoms with van der Waals surface area (Å²) in [4.78, 5) is 29.7. The van der Waals surface area contributed by atoms with Gasteiger partial charge in [0, 0.05) is 12.4 Å². The van der Waals surface area contributed by atoms with Gasteiger partial charge in [-0.05, 0) is 6.92 Å². The molecule has 0 aromatic carbocycles. The van der Waals surface area contributed by atoms with E-state index in [2.05, 4.69) is 9.97 Å². The zero-order valence-electron chi connectivity index (χ0n) is 8.06. The third-order valence-corrected chi connectivity index (χ3v) is 1.92. The van der Waals surface area contributed by atoms with Crippen molar-refractivity contribution in [1.29, 1.82) is 0 Å². The first-order valence-electron chi connectivity index (χ1n) is 4.46. The van der Waals surface area contributed by atoms with Gasteiger partial charge in [-0.2, -0.15) is 0 Å². The molecule has 0 saturated carbocycles. The minimum absolute atomic E-state index is 0.0612. The Morgan fingerprint density at radius 1 is 1.67 bits per heavy atom. The highest BCUT2D eigenvalue weighted by molar-refractivity contribution is 5.88. The molecule has 0 radical (unpaired) electrons. The molecule has 6 nitrogen and oxygen atoms in total. The summed E-state index contributed by atoms with van der Waals surface area (Å²) in [5.74, 6) is -0.251. The fraction of sp³-hybridized carbons (Fsp3) is 0.222. The number of carbonyl (C=O) groups excluding carboxylic acids is 1. The molecule has 15 heavy (non-hydrogen) atoms. The Morgan fingerprint density at radius 3 is 3.20 bits per heavy atom. The van der Waals surface area contributed by atoms with Crippen LogP contribution in [0.3, 0.4) is 0 Å². The molecule has 78 valence electrons. The molecule has 0 atom stereocenters. The maximum Gasteiger partial charge on any atom is 0.345 e. The zero-order chi connectivity index (χ0) is 10.8. The number of aromatic amines is 1. The van der Waals surface area contributed by atoms with Gasteiger partial charge in [0.2, 0.25) is 5.78 Å². The fourth-order valence-corrected chi connectivity index (χ4v) is 1.25. The minimum atomic E-state index is -0.648. The number of nitrogens with zero attached hydrogens (tertiary/aromatic N) is 2. The lowest BCUT2D eigenvalue weighted by Gasteiger charge is -2.00. The van der Waals surface area contributed by atoms with Gasteiger partial charge in [-0.15, -0.1) is 0 Å². The molecule has 0 aliphatic carbocycles. The Labute approximate surface area is 84.5 Å². The van der Waals surface area contributed by atoms with Crippen LogP contribution < -0.4 is 5.56 Å². The van der Waals surface area contributed by atoms with Crippen LogP contribution in [0, 0.1) is 0 Å². The van der Waals surface area contributed by atoms with Crippen LogP contribution in [0.2, 0.25) is 0 Å². The molecule has 0 amide bonds. The number of rotatable bonds is 2. The van der Waals surface area contributed by atoms with E-state index in [1.54, 1.807) is 13.1 Å². The van der Waals surface area contributed by atoms with E-state index in [0.717, 1.165) is 0 Å². The molecule has 1 N–H and O–H groups in total. The molecular formula is C9H9N3O3. The van der Waals surface area contributed by atoms with Crippen molar-refractivity contribution in [2.24, 2.45) is 0 Å². The van der Waals surface area contributed by atoms with Gasteiger partial charge in [-0.25, -0.2) is 9.78 Å². The van der Waals surface area contributed by atoms with Gasteiger partial charge in [0.05, 0.1) is 12.8 Å². The second-order valence-corrected chi connectivity index (χ2v) is 2.85. The van der Waals surface area contributed by atoms with Crippen LogP contribution in [0.15, 0.2) is 23.4 Å². The van der Waals surface area contributed by atoms with Crippen molar-refractivity contribution in [3.63, 3.8) is 0 Å². The van der Waals surface area contributed by atoms with Crippen LogP contribution in [0.4, 0.5) is 0 Å². The summed E-state index contributed by atoms with van der Waals surface area (Å²) in [6, 6.07) is 0. The van der Waals surface area contributed by atoms with Crippen molar-refractivity contribution in [1.82, 2.24) is 14.4 Å². The lowest BCUT2D eigenvalue weighted by molar-refractivity contribution is 0.0523. The molecule has 0 aliphatic heterocycles. The monoisotopic (exact) mass is 207 g/mol. The smallest absolute Gasteiger partial charge is 0.345 e. The lowest BCUT2D eigenvalue weighted by atomic mass is 10.3. The molecule has 0 bridgehead atoms. The highest BCUT2D eigenvalue weighted by atomic mass is 16.5. The zero-order valence-corrected chi connectivity index (χ0v) is 8.06. The average molecular weight is 207 g/mol. The van der Waals surface area contributed by atoms with E-state index in [1.165, 1.54) is 16.8 Å². The molecule has 2 heterocycles. The molecule has 0 aliphatic rings. The number of ether oxygens (including phenoxy) is 1. The molecule has 0 unspecified atom stereocenters. The first-order valence-corrected chi connectivity index (χ1v) is 4.46. The maximum absolute atomic E-state index is 11.7. The van der Waals surface area contributed by atoms with Gasteiger partial charge in [0.1, 0.15) is 5.56 Å². The number of esters is 1. The molecular weight excluding hydrogens is 198 g/mol. The predicted molar refractivity (Wildman–Crippen MR) is 51.8 cm³/mol. The maximum atomic E-state index is 11.7. The summed E-state index contributed by atoms with van der Waals surface area (Å²) < 4.78 is 5.99. The van der Waals surface area contributed by atoms with Crippen molar-refractivity contribution in [3.8, 4) is 0 Å². The Balaban J connectivity index is 2.57. The first kappa shape index (κ1) is 9.45. The quantitative estimate of drug-likeness (QED) is 0.713. The van der Waals surface area contributed by atoms with Crippen molar-refractivity contribution in [2.45, 2.75) is 6.92 Å². The summed E-state index contributed by atoms with van der Waals surface area (Å²) in [5.41, 5.74) is -0.492. The van der Waals surface area contributed by atoms with E-state index >= 15 is 0 Å². The molecule has 2 aromatic heterocycles. The molecule has 0 spiro atoms. The van der Waals surface area contributed by atoms with Crippen LogP contribution in [0.5, 0.6) is 0 Å². The number of nitrogens with one attached hydrogen (secondary N) is 1. The highest BCUT2D eigenvalue weighted by Crippen LogP contribution is 1.96. The number of imidazole rings is 1. The summed E-state index contributed by atoms with van der Waals surface area (Å²) in [7, 11) is 0. The van der Waals surface area contributed by atoms with Crippen LogP contribution >= 0.6 is 0 Å². The summed E-state index contributed by atoms with van der Waals surface area (Å²) in [6.07, 6.45) is 4.29. The van der Waals surface area contributed by atoms with Gasteiger partial charge in [-0.1, -0.05) is 0 Å². The van der Waals surface area contributed by atoms with Gasteiger partial charge < -0.3 is 9.72 Å². The Morgan fingerprint density at radius 2 is 2.47 bits per heavy atom. The van der Waals surface area contributed by atoms with Gasteiger partial charge >= 0.3 is 5.97 Å². The van der Waals surface area contributed by atoms with Gasteiger partial charge in [0.25, 0.3) is 5.56 Å². The summed E-state index contributed by atoms with van der Waals surface area (Å²) in [6.45, 7) is 1.91. The fourth-order valence-electron chi connectivity index (χ4n) is 1.25. The second-order valence-electron chi connectivity index (χ2n) is 2.85. The summed E-state index contributed by atoms with van der Waals surface area (Å²) in [5, 5.41) is 0. The molecule has 0 saturated heterocycles. The van der Waals surface area contributed by atoms with Crippen LogP contribution in [-0.2, 0) is 4.74 Å². The molecule has 2 rings (SSSR count). The number of fused-ring (bicyclic) bond motifs is 1. The van der Waals surface area contributed by atoms with Gasteiger partial charge in [0.15, 0.2) is 0 Å².